The maximum Gasteiger partial charge on any atom is 0.338 e. The number of hydrogen-bond donors (Lipinski definition) is 1. The van der Waals surface area contributed by atoms with Crippen molar-refractivity contribution in [2.45, 2.75) is 25.7 Å². The Hall–Kier alpha value is -3.18. The molecule has 1 amide bonds. The molecule has 0 fully saturated rings. The van der Waals surface area contributed by atoms with Crippen LogP contribution >= 0.6 is 11.3 Å². The molecule has 136 valence electrons. The Labute approximate surface area is 158 Å². The number of aromatic nitrogens is 1. The summed E-state index contributed by atoms with van der Waals surface area (Å²) in [6.45, 7) is -0.427. The molecule has 0 bridgehead atoms. The number of carbonyl (C=O) groups excluding carboxylic acids is 2. The second-order valence-electron chi connectivity index (χ2n) is 6.19. The van der Waals surface area contributed by atoms with Gasteiger partial charge in [0.15, 0.2) is 18.6 Å². The number of oxazole rings is 1. The van der Waals surface area contributed by atoms with Crippen LogP contribution in [-0.2, 0) is 22.4 Å². The minimum Gasteiger partial charge on any atom is -0.452 e. The number of nitrogens with zero attached hydrogens (tertiary/aromatic N) is 2. The topological polar surface area (TPSA) is 105 Å². The summed E-state index contributed by atoms with van der Waals surface area (Å²) in [5.41, 5.74) is 2.97. The number of esters is 1. The average Bonchev–Trinajstić information content (AvgIpc) is 3.29. The van der Waals surface area contributed by atoms with Gasteiger partial charge < -0.3 is 14.5 Å². The Balaban J connectivity index is 1.40. The van der Waals surface area contributed by atoms with Crippen LogP contribution in [0.25, 0.3) is 11.1 Å². The predicted octanol–water partition coefficient (Wildman–Crippen LogP) is 3.44. The summed E-state index contributed by atoms with van der Waals surface area (Å²) in [5, 5.41) is 12.7. The number of benzene rings is 1. The van der Waals surface area contributed by atoms with Crippen molar-refractivity contribution in [1.82, 2.24) is 4.98 Å². The van der Waals surface area contributed by atoms with Crippen LogP contribution < -0.4 is 5.32 Å². The summed E-state index contributed by atoms with van der Waals surface area (Å²) in [6, 6.07) is 6.90. The van der Waals surface area contributed by atoms with Crippen molar-refractivity contribution in [1.29, 1.82) is 5.26 Å². The molecule has 1 aliphatic carbocycles. The zero-order valence-electron chi connectivity index (χ0n) is 14.3. The normalized spacial score (nSPS) is 13.0. The molecule has 0 radical (unpaired) electrons. The van der Waals surface area contributed by atoms with E-state index >= 15 is 0 Å². The van der Waals surface area contributed by atoms with Gasteiger partial charge >= 0.3 is 5.97 Å². The molecule has 0 saturated heterocycles. The van der Waals surface area contributed by atoms with Crippen LogP contribution in [0.5, 0.6) is 0 Å². The lowest BCUT2D eigenvalue weighted by molar-refractivity contribution is -0.119. The summed E-state index contributed by atoms with van der Waals surface area (Å²) in [5.74, 6) is -1.10. The molecule has 4 rings (SSSR count). The first-order valence-corrected chi connectivity index (χ1v) is 9.32. The number of nitrogens with one attached hydrogen (secondary N) is 1. The van der Waals surface area contributed by atoms with Gasteiger partial charge in [0.1, 0.15) is 16.6 Å². The summed E-state index contributed by atoms with van der Waals surface area (Å²) in [7, 11) is 0. The highest BCUT2D eigenvalue weighted by Gasteiger charge is 2.22. The molecule has 27 heavy (non-hydrogen) atoms. The van der Waals surface area contributed by atoms with Crippen molar-refractivity contribution < 1.29 is 18.7 Å². The largest absolute Gasteiger partial charge is 0.452 e. The molecule has 0 saturated carbocycles. The number of hydrogen-bond acceptors (Lipinski definition) is 7. The molecule has 8 heteroatoms. The Morgan fingerprint density at radius 2 is 2.19 bits per heavy atom. The zero-order valence-corrected chi connectivity index (χ0v) is 15.1. The number of ether oxygens (including phenoxy) is 1. The van der Waals surface area contributed by atoms with Crippen LogP contribution in [0.4, 0.5) is 5.00 Å². The van der Waals surface area contributed by atoms with Crippen molar-refractivity contribution in [3.05, 3.63) is 46.2 Å². The minimum absolute atomic E-state index is 0.286. The lowest BCUT2D eigenvalue weighted by atomic mass is 9.96. The van der Waals surface area contributed by atoms with Crippen LogP contribution in [0.3, 0.4) is 0 Å². The van der Waals surface area contributed by atoms with Crippen LogP contribution in [0.1, 0.15) is 39.2 Å². The molecule has 0 spiro atoms. The van der Waals surface area contributed by atoms with Gasteiger partial charge in [0, 0.05) is 4.88 Å². The highest BCUT2D eigenvalue weighted by molar-refractivity contribution is 7.16. The summed E-state index contributed by atoms with van der Waals surface area (Å²) in [4.78, 5) is 29.5. The molecule has 0 atom stereocenters. The van der Waals surface area contributed by atoms with Gasteiger partial charge in [0.05, 0.1) is 11.1 Å². The quantitative estimate of drug-likeness (QED) is 0.694. The highest BCUT2D eigenvalue weighted by atomic mass is 32.1. The maximum absolute atomic E-state index is 12.2. The molecule has 1 N–H and O–H groups in total. The molecule has 0 aliphatic heterocycles. The van der Waals surface area contributed by atoms with Gasteiger partial charge in [-0.2, -0.15) is 5.26 Å². The second kappa shape index (κ2) is 7.21. The number of nitriles is 1. The van der Waals surface area contributed by atoms with Crippen LogP contribution in [0.2, 0.25) is 0 Å². The molecule has 7 nitrogen and oxygen atoms in total. The number of aryl methyl sites for hydroxylation is 1. The standard InChI is InChI=1S/C19H15N3O4S/c20-8-13-12-3-1-2-4-16(12)27-18(13)22-17(23)9-25-19(24)11-5-6-15-14(7-11)21-10-26-15/h5-7,10H,1-4,9H2,(H,22,23). The molecular weight excluding hydrogens is 366 g/mol. The molecule has 2 aromatic heterocycles. The van der Waals surface area contributed by atoms with E-state index in [2.05, 4.69) is 16.4 Å². The van der Waals surface area contributed by atoms with E-state index in [9.17, 15) is 14.9 Å². The third kappa shape index (κ3) is 3.41. The van der Waals surface area contributed by atoms with Gasteiger partial charge in [-0.25, -0.2) is 9.78 Å². The number of carbonyl (C=O) groups is 2. The van der Waals surface area contributed by atoms with E-state index in [1.54, 1.807) is 18.2 Å². The predicted molar refractivity (Wildman–Crippen MR) is 98.6 cm³/mol. The van der Waals surface area contributed by atoms with Gasteiger partial charge in [-0.3, -0.25) is 4.79 Å². The molecule has 1 aromatic carbocycles. The number of thiophene rings is 1. The number of fused-ring (bicyclic) bond motifs is 2. The van der Waals surface area contributed by atoms with Gasteiger partial charge in [0.2, 0.25) is 0 Å². The van der Waals surface area contributed by atoms with Crippen LogP contribution in [0, 0.1) is 11.3 Å². The fourth-order valence-electron chi connectivity index (χ4n) is 3.13. The van der Waals surface area contributed by atoms with E-state index in [0.29, 0.717) is 21.7 Å². The van der Waals surface area contributed by atoms with Crippen molar-refractivity contribution >= 4 is 39.3 Å². The van der Waals surface area contributed by atoms with E-state index < -0.39 is 18.5 Å². The fraction of sp³-hybridized carbons (Fsp3) is 0.263. The van der Waals surface area contributed by atoms with E-state index in [0.717, 1.165) is 36.1 Å². The van der Waals surface area contributed by atoms with Crippen molar-refractivity contribution in [3.63, 3.8) is 0 Å². The molecule has 0 unspecified atom stereocenters. The first-order valence-electron chi connectivity index (χ1n) is 8.50. The van der Waals surface area contributed by atoms with Gasteiger partial charge in [-0.15, -0.1) is 11.3 Å². The maximum atomic E-state index is 12.2. The van der Waals surface area contributed by atoms with Crippen molar-refractivity contribution in [2.75, 3.05) is 11.9 Å². The zero-order chi connectivity index (χ0) is 18.8. The second-order valence-corrected chi connectivity index (χ2v) is 7.29. The molecule has 2 heterocycles. The minimum atomic E-state index is -0.624. The lowest BCUT2D eigenvalue weighted by Crippen LogP contribution is -2.20. The Kier molecular flexibility index (Phi) is 4.60. The Bertz CT molecular complexity index is 1080. The Morgan fingerprint density at radius 1 is 1.33 bits per heavy atom. The summed E-state index contributed by atoms with van der Waals surface area (Å²) in [6.07, 6.45) is 5.24. The third-order valence-electron chi connectivity index (χ3n) is 4.44. The first-order chi connectivity index (χ1) is 13.2. The monoisotopic (exact) mass is 381 g/mol. The van der Waals surface area contributed by atoms with Gasteiger partial charge in [-0.05, 0) is 49.4 Å². The summed E-state index contributed by atoms with van der Waals surface area (Å²) < 4.78 is 10.2. The van der Waals surface area contributed by atoms with Gasteiger partial charge in [0.25, 0.3) is 5.91 Å². The molecule has 1 aliphatic rings. The van der Waals surface area contributed by atoms with Crippen molar-refractivity contribution in [2.24, 2.45) is 0 Å². The van der Waals surface area contributed by atoms with Gasteiger partial charge in [-0.1, -0.05) is 0 Å². The SMILES string of the molecule is N#Cc1c(NC(=O)COC(=O)c2ccc3ocnc3c2)sc2c1CCCC2. The number of anilines is 1. The summed E-state index contributed by atoms with van der Waals surface area (Å²) >= 11 is 1.43. The smallest absolute Gasteiger partial charge is 0.338 e. The lowest BCUT2D eigenvalue weighted by Gasteiger charge is -2.09. The molecular formula is C19H15N3O4S. The van der Waals surface area contributed by atoms with E-state index in [4.69, 9.17) is 9.15 Å². The highest BCUT2D eigenvalue weighted by Crippen LogP contribution is 2.37. The fourth-order valence-corrected chi connectivity index (χ4v) is 4.39. The third-order valence-corrected chi connectivity index (χ3v) is 5.64. The van der Waals surface area contributed by atoms with Crippen LogP contribution in [-0.4, -0.2) is 23.5 Å². The van der Waals surface area contributed by atoms with E-state index in [1.807, 2.05) is 0 Å². The van der Waals surface area contributed by atoms with E-state index in [-0.39, 0.29) is 5.56 Å². The average molecular weight is 381 g/mol. The first kappa shape index (κ1) is 17.2. The van der Waals surface area contributed by atoms with Crippen molar-refractivity contribution in [3.8, 4) is 6.07 Å². The Morgan fingerprint density at radius 3 is 3.04 bits per heavy atom. The van der Waals surface area contributed by atoms with E-state index in [1.165, 1.54) is 17.7 Å². The number of rotatable bonds is 4. The van der Waals surface area contributed by atoms with Crippen LogP contribution in [0.15, 0.2) is 29.0 Å². The molecule has 3 aromatic rings. The number of amides is 1.